The molecule has 1 heterocycles. The van der Waals surface area contributed by atoms with Gasteiger partial charge >= 0.3 is 11.8 Å². The number of halogens is 1. The Morgan fingerprint density at radius 2 is 2.06 bits per heavy atom. The van der Waals surface area contributed by atoms with Gasteiger partial charge in [-0.2, -0.15) is 4.57 Å². The number of aromatic amines is 1. The second-order valence-corrected chi connectivity index (χ2v) is 3.96. The summed E-state index contributed by atoms with van der Waals surface area (Å²) in [6.07, 6.45) is -1.60. The first-order valence-corrected chi connectivity index (χ1v) is 4.98. The smallest absolute Gasteiger partial charge is 0.422 e. The van der Waals surface area contributed by atoms with E-state index in [0.717, 1.165) is 0 Å². The molecule has 0 saturated carbocycles. The van der Waals surface area contributed by atoms with Crippen LogP contribution in [-0.4, -0.2) is 20.8 Å². The van der Waals surface area contributed by atoms with Crippen molar-refractivity contribution in [2.45, 2.75) is 0 Å². The number of hydrogen-bond donors (Lipinski definition) is 2. The lowest BCUT2D eigenvalue weighted by atomic mass is 10.2. The summed E-state index contributed by atoms with van der Waals surface area (Å²) in [5, 5.41) is 8.84. The molecule has 6 nitrogen and oxygen atoms in total. The SMILES string of the molecule is O=C(O)n1c(=O)[nH]c2cc(Br)ccc2c1=O. The van der Waals surface area contributed by atoms with Gasteiger partial charge in [-0.1, -0.05) is 15.9 Å². The molecular weight excluding hydrogens is 280 g/mol. The Balaban J connectivity index is 3.01. The Bertz CT molecular complexity index is 701. The minimum atomic E-state index is -1.60. The van der Waals surface area contributed by atoms with E-state index in [9.17, 15) is 14.4 Å². The summed E-state index contributed by atoms with van der Waals surface area (Å²) in [7, 11) is 0. The normalized spacial score (nSPS) is 10.6. The number of fused-ring (bicyclic) bond motifs is 1. The summed E-state index contributed by atoms with van der Waals surface area (Å²) >= 11 is 3.18. The van der Waals surface area contributed by atoms with Gasteiger partial charge in [0.15, 0.2) is 0 Å². The van der Waals surface area contributed by atoms with Crippen LogP contribution in [0.25, 0.3) is 10.9 Å². The van der Waals surface area contributed by atoms with Gasteiger partial charge in [-0.15, -0.1) is 0 Å². The number of aromatic nitrogens is 2. The second-order valence-electron chi connectivity index (χ2n) is 3.04. The summed E-state index contributed by atoms with van der Waals surface area (Å²) in [6.45, 7) is 0. The van der Waals surface area contributed by atoms with Gasteiger partial charge < -0.3 is 10.1 Å². The number of hydrogen-bond acceptors (Lipinski definition) is 3. The van der Waals surface area contributed by atoms with Gasteiger partial charge in [0.25, 0.3) is 5.56 Å². The predicted molar refractivity (Wildman–Crippen MR) is 60.0 cm³/mol. The van der Waals surface area contributed by atoms with Crippen molar-refractivity contribution in [3.8, 4) is 0 Å². The van der Waals surface area contributed by atoms with E-state index in [1.54, 1.807) is 6.07 Å². The summed E-state index contributed by atoms with van der Waals surface area (Å²) < 4.78 is 0.819. The minimum Gasteiger partial charge on any atom is -0.464 e. The Hall–Kier alpha value is -1.89. The largest absolute Gasteiger partial charge is 0.464 e. The zero-order chi connectivity index (χ0) is 11.9. The van der Waals surface area contributed by atoms with Crippen molar-refractivity contribution in [3.05, 3.63) is 43.5 Å². The fourth-order valence-electron chi connectivity index (χ4n) is 1.36. The van der Waals surface area contributed by atoms with Crippen molar-refractivity contribution in [1.29, 1.82) is 0 Å². The first kappa shape index (κ1) is 10.6. The van der Waals surface area contributed by atoms with Crippen LogP contribution in [0.2, 0.25) is 0 Å². The van der Waals surface area contributed by atoms with E-state index < -0.39 is 17.3 Å². The molecule has 0 aliphatic heterocycles. The van der Waals surface area contributed by atoms with Crippen LogP contribution in [0.3, 0.4) is 0 Å². The number of carboxylic acid groups (broad SMARTS) is 1. The molecular formula is C9H5BrN2O4. The highest BCUT2D eigenvalue weighted by Gasteiger charge is 2.12. The fraction of sp³-hybridized carbons (Fsp3) is 0. The van der Waals surface area contributed by atoms with Gasteiger partial charge in [-0.3, -0.25) is 4.79 Å². The third kappa shape index (κ3) is 1.54. The van der Waals surface area contributed by atoms with E-state index in [4.69, 9.17) is 5.11 Å². The average molecular weight is 285 g/mol. The quantitative estimate of drug-likeness (QED) is 0.754. The van der Waals surface area contributed by atoms with Crippen molar-refractivity contribution in [3.63, 3.8) is 0 Å². The molecule has 82 valence electrons. The molecule has 0 aliphatic rings. The molecule has 2 aromatic rings. The number of nitrogens with one attached hydrogen (secondary N) is 1. The summed E-state index contributed by atoms with van der Waals surface area (Å²) in [5.74, 6) is 0. The van der Waals surface area contributed by atoms with Crippen LogP contribution in [0.4, 0.5) is 4.79 Å². The maximum atomic E-state index is 11.6. The van der Waals surface area contributed by atoms with Crippen molar-refractivity contribution in [2.75, 3.05) is 0 Å². The van der Waals surface area contributed by atoms with Crippen LogP contribution >= 0.6 is 15.9 Å². The predicted octanol–water partition coefficient (Wildman–Crippen LogP) is 0.978. The lowest BCUT2D eigenvalue weighted by molar-refractivity contribution is 0.194. The zero-order valence-corrected chi connectivity index (χ0v) is 9.32. The Labute approximate surface area is 96.3 Å². The monoisotopic (exact) mass is 284 g/mol. The molecule has 0 bridgehead atoms. The Morgan fingerprint density at radius 3 is 2.69 bits per heavy atom. The Morgan fingerprint density at radius 1 is 1.38 bits per heavy atom. The van der Waals surface area contributed by atoms with Crippen LogP contribution in [0.15, 0.2) is 32.3 Å². The van der Waals surface area contributed by atoms with Crippen LogP contribution in [0.1, 0.15) is 0 Å². The number of H-pyrrole nitrogens is 1. The van der Waals surface area contributed by atoms with Crippen LogP contribution in [-0.2, 0) is 0 Å². The van der Waals surface area contributed by atoms with E-state index in [-0.39, 0.29) is 9.95 Å². The summed E-state index contributed by atoms with van der Waals surface area (Å²) in [5.41, 5.74) is -1.52. The average Bonchev–Trinajstić information content (AvgIpc) is 2.15. The van der Waals surface area contributed by atoms with Gasteiger partial charge in [0.05, 0.1) is 10.9 Å². The third-order valence-corrected chi connectivity index (χ3v) is 2.54. The standard InChI is InChI=1S/C9H5BrN2O4/c10-4-1-2-5-6(3-4)11-8(14)12(7(5)13)9(15)16/h1-3H,(H,11,14)(H,15,16). The molecule has 0 fully saturated rings. The number of carbonyl (C=O) groups is 1. The molecule has 16 heavy (non-hydrogen) atoms. The zero-order valence-electron chi connectivity index (χ0n) is 7.73. The van der Waals surface area contributed by atoms with Crippen molar-refractivity contribution < 1.29 is 9.90 Å². The number of rotatable bonds is 0. The lowest BCUT2D eigenvalue weighted by Crippen LogP contribution is -2.39. The second kappa shape index (κ2) is 3.60. The van der Waals surface area contributed by atoms with Gasteiger partial charge in [-0.25, -0.2) is 9.59 Å². The molecule has 0 aliphatic carbocycles. The van der Waals surface area contributed by atoms with Crippen molar-refractivity contribution in [2.24, 2.45) is 0 Å². The van der Waals surface area contributed by atoms with Crippen molar-refractivity contribution in [1.82, 2.24) is 9.55 Å². The van der Waals surface area contributed by atoms with E-state index >= 15 is 0 Å². The molecule has 1 aromatic heterocycles. The van der Waals surface area contributed by atoms with Crippen LogP contribution < -0.4 is 11.2 Å². The first-order valence-electron chi connectivity index (χ1n) is 4.18. The molecule has 0 spiro atoms. The minimum absolute atomic E-state index is 0.135. The van der Waals surface area contributed by atoms with Gasteiger partial charge in [0.2, 0.25) is 0 Å². The van der Waals surface area contributed by atoms with Gasteiger partial charge in [-0.05, 0) is 18.2 Å². The Kier molecular flexibility index (Phi) is 2.39. The molecule has 2 N–H and O–H groups in total. The highest BCUT2D eigenvalue weighted by molar-refractivity contribution is 9.10. The fourth-order valence-corrected chi connectivity index (χ4v) is 1.72. The maximum Gasteiger partial charge on any atom is 0.422 e. The van der Waals surface area contributed by atoms with Gasteiger partial charge in [0, 0.05) is 4.47 Å². The van der Waals surface area contributed by atoms with E-state index in [0.29, 0.717) is 9.99 Å². The van der Waals surface area contributed by atoms with Crippen LogP contribution in [0, 0.1) is 0 Å². The molecule has 7 heteroatoms. The number of benzene rings is 1. The topological polar surface area (TPSA) is 92.2 Å². The maximum absolute atomic E-state index is 11.6. The van der Waals surface area contributed by atoms with E-state index in [2.05, 4.69) is 20.9 Å². The van der Waals surface area contributed by atoms with Gasteiger partial charge in [0.1, 0.15) is 0 Å². The van der Waals surface area contributed by atoms with Crippen LogP contribution in [0.5, 0.6) is 0 Å². The highest BCUT2D eigenvalue weighted by atomic mass is 79.9. The molecule has 2 rings (SSSR count). The van der Waals surface area contributed by atoms with E-state index in [1.165, 1.54) is 12.1 Å². The summed E-state index contributed by atoms with van der Waals surface area (Å²) in [4.78, 5) is 36.0. The first-order chi connectivity index (χ1) is 7.50. The molecule has 0 atom stereocenters. The molecule has 0 saturated heterocycles. The highest BCUT2D eigenvalue weighted by Crippen LogP contribution is 2.13. The third-order valence-electron chi connectivity index (χ3n) is 2.05. The lowest BCUT2D eigenvalue weighted by Gasteiger charge is -2.01. The molecule has 0 radical (unpaired) electrons. The molecule has 1 aromatic carbocycles. The van der Waals surface area contributed by atoms with E-state index in [1.807, 2.05) is 0 Å². The van der Waals surface area contributed by atoms with Crippen molar-refractivity contribution >= 4 is 32.9 Å². The summed E-state index contributed by atoms with van der Waals surface area (Å²) in [6, 6.07) is 4.57. The molecule has 0 unspecified atom stereocenters. The number of nitrogens with zero attached hydrogens (tertiary/aromatic N) is 1. The molecule has 0 amide bonds.